The van der Waals surface area contributed by atoms with Crippen LogP contribution in [-0.2, 0) is 0 Å². The van der Waals surface area contributed by atoms with Crippen molar-refractivity contribution in [2.75, 3.05) is 18.5 Å². The molecule has 0 spiro atoms. The first-order valence-electron chi connectivity index (χ1n) is 8.17. The minimum absolute atomic E-state index is 0.257. The SMILES string of the molecule is Cc1ccc(F)cc1NC(=O)c1ccc(-c2ccc3c(c2)OCCO3)s1. The first-order chi connectivity index (χ1) is 12.6. The summed E-state index contributed by atoms with van der Waals surface area (Å²) in [6, 6.07) is 13.7. The van der Waals surface area contributed by atoms with Crippen LogP contribution in [0.5, 0.6) is 11.5 Å². The highest BCUT2D eigenvalue weighted by Crippen LogP contribution is 2.37. The highest BCUT2D eigenvalue weighted by Gasteiger charge is 2.15. The van der Waals surface area contributed by atoms with E-state index in [9.17, 15) is 9.18 Å². The van der Waals surface area contributed by atoms with Gasteiger partial charge in [-0.15, -0.1) is 11.3 Å². The average molecular weight is 369 g/mol. The number of aryl methyl sites for hydroxylation is 1. The molecule has 132 valence electrons. The van der Waals surface area contributed by atoms with Gasteiger partial charge in [0.1, 0.15) is 19.0 Å². The zero-order chi connectivity index (χ0) is 18.1. The fourth-order valence-electron chi connectivity index (χ4n) is 2.72. The van der Waals surface area contributed by atoms with E-state index >= 15 is 0 Å². The van der Waals surface area contributed by atoms with Crippen molar-refractivity contribution in [3.63, 3.8) is 0 Å². The molecule has 0 saturated heterocycles. The van der Waals surface area contributed by atoms with Crippen molar-refractivity contribution in [1.82, 2.24) is 0 Å². The molecule has 0 bridgehead atoms. The van der Waals surface area contributed by atoms with Gasteiger partial charge in [0, 0.05) is 10.6 Å². The van der Waals surface area contributed by atoms with Gasteiger partial charge in [0.25, 0.3) is 5.91 Å². The Morgan fingerprint density at radius 2 is 1.85 bits per heavy atom. The first kappa shape index (κ1) is 16.6. The number of halogens is 1. The molecule has 2 heterocycles. The second-order valence-corrected chi connectivity index (χ2v) is 7.02. The van der Waals surface area contributed by atoms with E-state index in [0.717, 1.165) is 21.8 Å². The summed E-state index contributed by atoms with van der Waals surface area (Å²) in [4.78, 5) is 14.0. The fourth-order valence-corrected chi connectivity index (χ4v) is 3.62. The maximum absolute atomic E-state index is 13.4. The van der Waals surface area contributed by atoms with E-state index in [0.29, 0.717) is 29.5 Å². The van der Waals surface area contributed by atoms with Crippen LogP contribution in [0.3, 0.4) is 0 Å². The van der Waals surface area contributed by atoms with E-state index in [1.807, 2.05) is 31.2 Å². The maximum Gasteiger partial charge on any atom is 0.265 e. The van der Waals surface area contributed by atoms with Gasteiger partial charge in [0.2, 0.25) is 0 Å². The van der Waals surface area contributed by atoms with Crippen LogP contribution < -0.4 is 14.8 Å². The standard InChI is InChI=1S/C20H16FNO3S/c1-12-2-4-14(21)11-15(12)22-20(23)19-7-6-18(26-19)13-3-5-16-17(10-13)25-9-8-24-16/h2-7,10-11H,8-9H2,1H3,(H,22,23). The largest absolute Gasteiger partial charge is 0.486 e. The Morgan fingerprint density at radius 1 is 1.04 bits per heavy atom. The molecule has 1 N–H and O–H groups in total. The first-order valence-corrected chi connectivity index (χ1v) is 8.99. The summed E-state index contributed by atoms with van der Waals surface area (Å²) in [5.41, 5.74) is 2.24. The molecule has 0 atom stereocenters. The third kappa shape index (κ3) is 3.28. The number of fused-ring (bicyclic) bond motifs is 1. The van der Waals surface area contributed by atoms with Crippen LogP contribution in [0.4, 0.5) is 10.1 Å². The van der Waals surface area contributed by atoms with E-state index in [2.05, 4.69) is 5.32 Å². The lowest BCUT2D eigenvalue weighted by atomic mass is 10.1. The van der Waals surface area contributed by atoms with Crippen LogP contribution in [0, 0.1) is 12.7 Å². The van der Waals surface area contributed by atoms with Gasteiger partial charge in [-0.1, -0.05) is 6.07 Å². The Balaban J connectivity index is 1.56. The van der Waals surface area contributed by atoms with Crippen LogP contribution >= 0.6 is 11.3 Å². The lowest BCUT2D eigenvalue weighted by molar-refractivity contribution is 0.103. The predicted octanol–water partition coefficient (Wildman–Crippen LogP) is 4.89. The third-order valence-electron chi connectivity index (χ3n) is 4.10. The molecule has 3 aromatic rings. The zero-order valence-electron chi connectivity index (χ0n) is 14.0. The van der Waals surface area contributed by atoms with Gasteiger partial charge in [-0.25, -0.2) is 4.39 Å². The summed E-state index contributed by atoms with van der Waals surface area (Å²) in [5.74, 6) is 0.807. The Bertz CT molecular complexity index is 983. The molecule has 1 aliphatic rings. The number of carbonyl (C=O) groups excluding carboxylic acids is 1. The van der Waals surface area contributed by atoms with Crippen molar-refractivity contribution in [3.05, 3.63) is 64.8 Å². The summed E-state index contributed by atoms with van der Waals surface area (Å²) < 4.78 is 24.5. The number of hydrogen-bond acceptors (Lipinski definition) is 4. The lowest BCUT2D eigenvalue weighted by Crippen LogP contribution is -2.15. The van der Waals surface area contributed by atoms with Crippen LogP contribution in [0.25, 0.3) is 10.4 Å². The Morgan fingerprint density at radius 3 is 2.69 bits per heavy atom. The smallest absolute Gasteiger partial charge is 0.265 e. The lowest BCUT2D eigenvalue weighted by Gasteiger charge is -2.18. The molecule has 1 amide bonds. The van der Waals surface area contributed by atoms with Gasteiger partial charge in [0.15, 0.2) is 11.5 Å². The van der Waals surface area contributed by atoms with Gasteiger partial charge in [-0.3, -0.25) is 4.79 Å². The fraction of sp³-hybridized carbons (Fsp3) is 0.150. The molecule has 0 unspecified atom stereocenters. The number of anilines is 1. The van der Waals surface area contributed by atoms with Crippen LogP contribution in [-0.4, -0.2) is 19.1 Å². The number of thiophene rings is 1. The van der Waals surface area contributed by atoms with E-state index in [4.69, 9.17) is 9.47 Å². The number of rotatable bonds is 3. The minimum Gasteiger partial charge on any atom is -0.486 e. The average Bonchev–Trinajstić information content (AvgIpc) is 3.14. The molecule has 0 radical (unpaired) electrons. The Kier molecular flexibility index (Phi) is 4.34. The quantitative estimate of drug-likeness (QED) is 0.715. The minimum atomic E-state index is -0.381. The summed E-state index contributed by atoms with van der Waals surface area (Å²) in [6.45, 7) is 2.90. The molecule has 1 aromatic heterocycles. The van der Waals surface area contributed by atoms with Crippen molar-refractivity contribution in [3.8, 4) is 21.9 Å². The summed E-state index contributed by atoms with van der Waals surface area (Å²) in [5, 5.41) is 2.77. The van der Waals surface area contributed by atoms with Gasteiger partial charge in [0.05, 0.1) is 4.88 Å². The van der Waals surface area contributed by atoms with Crippen LogP contribution in [0.15, 0.2) is 48.5 Å². The van der Waals surface area contributed by atoms with Gasteiger partial charge in [-0.2, -0.15) is 0 Å². The molecule has 0 aliphatic carbocycles. The molecule has 6 heteroatoms. The molecular formula is C20H16FNO3S. The number of carbonyl (C=O) groups is 1. The number of ether oxygens (including phenoxy) is 2. The highest BCUT2D eigenvalue weighted by molar-refractivity contribution is 7.17. The molecule has 0 saturated carbocycles. The summed E-state index contributed by atoms with van der Waals surface area (Å²) in [6.07, 6.45) is 0. The topological polar surface area (TPSA) is 47.6 Å². The van der Waals surface area contributed by atoms with Crippen molar-refractivity contribution in [1.29, 1.82) is 0 Å². The molecular weight excluding hydrogens is 353 g/mol. The number of amides is 1. The Hall–Kier alpha value is -2.86. The summed E-state index contributed by atoms with van der Waals surface area (Å²) >= 11 is 1.37. The summed E-state index contributed by atoms with van der Waals surface area (Å²) in [7, 11) is 0. The Labute approximate surface area is 154 Å². The van der Waals surface area contributed by atoms with Crippen molar-refractivity contribution >= 4 is 22.9 Å². The van der Waals surface area contributed by atoms with Crippen molar-refractivity contribution in [2.45, 2.75) is 6.92 Å². The molecule has 4 nitrogen and oxygen atoms in total. The van der Waals surface area contributed by atoms with E-state index in [1.54, 1.807) is 12.1 Å². The monoisotopic (exact) mass is 369 g/mol. The molecule has 4 rings (SSSR count). The maximum atomic E-state index is 13.4. The zero-order valence-corrected chi connectivity index (χ0v) is 14.9. The second kappa shape index (κ2) is 6.80. The van der Waals surface area contributed by atoms with E-state index in [1.165, 1.54) is 23.5 Å². The molecule has 0 fully saturated rings. The van der Waals surface area contributed by atoms with E-state index in [-0.39, 0.29) is 11.7 Å². The second-order valence-electron chi connectivity index (χ2n) is 5.94. The molecule has 2 aromatic carbocycles. The predicted molar refractivity (Wildman–Crippen MR) is 99.8 cm³/mol. The number of benzene rings is 2. The van der Waals surface area contributed by atoms with Crippen LogP contribution in [0.1, 0.15) is 15.2 Å². The van der Waals surface area contributed by atoms with Crippen molar-refractivity contribution in [2.24, 2.45) is 0 Å². The molecule has 26 heavy (non-hydrogen) atoms. The molecule has 1 aliphatic heterocycles. The van der Waals surface area contributed by atoms with Crippen molar-refractivity contribution < 1.29 is 18.7 Å². The van der Waals surface area contributed by atoms with Gasteiger partial charge >= 0.3 is 0 Å². The van der Waals surface area contributed by atoms with Gasteiger partial charge < -0.3 is 14.8 Å². The van der Waals surface area contributed by atoms with Gasteiger partial charge in [-0.05, 0) is 60.5 Å². The number of hydrogen-bond donors (Lipinski definition) is 1. The third-order valence-corrected chi connectivity index (χ3v) is 5.24. The van der Waals surface area contributed by atoms with Crippen LogP contribution in [0.2, 0.25) is 0 Å². The normalized spacial score (nSPS) is 12.7. The highest BCUT2D eigenvalue weighted by atomic mass is 32.1. The van der Waals surface area contributed by atoms with E-state index < -0.39 is 0 Å². The number of nitrogens with one attached hydrogen (secondary N) is 1.